The molecule has 0 heterocycles. The molecule has 0 aromatic heterocycles. The molecule has 1 N–H and O–H groups in total. The van der Waals surface area contributed by atoms with Gasteiger partial charge >= 0.3 is 0 Å². The molecule has 0 saturated carbocycles. The fraction of sp³-hybridized carbons (Fsp3) is 0.133. The Hall–Kier alpha value is -1.29. The molecule has 0 saturated heterocycles. The van der Waals surface area contributed by atoms with Crippen molar-refractivity contribution in [1.29, 1.82) is 0 Å². The zero-order valence-corrected chi connectivity index (χ0v) is 13.2. The third-order valence-corrected chi connectivity index (χ3v) is 3.83. The Bertz CT molecular complexity index is 691. The van der Waals surface area contributed by atoms with Crippen molar-refractivity contribution in [3.05, 3.63) is 68.4 Å². The second kappa shape index (κ2) is 6.65. The van der Waals surface area contributed by atoms with E-state index in [9.17, 15) is 9.18 Å². The van der Waals surface area contributed by atoms with Crippen LogP contribution < -0.4 is 5.32 Å². The lowest BCUT2D eigenvalue weighted by molar-refractivity contribution is 0.0940. The lowest BCUT2D eigenvalue weighted by atomic mass is 10.1. The molecule has 0 aliphatic rings. The predicted molar refractivity (Wildman–Crippen MR) is 83.8 cm³/mol. The first-order chi connectivity index (χ1) is 9.88. The average molecular weight is 347 g/mol. The minimum atomic E-state index is -0.495. The monoisotopic (exact) mass is 345 g/mol. The van der Waals surface area contributed by atoms with Gasteiger partial charge in [-0.3, -0.25) is 4.79 Å². The number of hydrogen-bond acceptors (Lipinski definition) is 1. The van der Waals surface area contributed by atoms with Crippen LogP contribution in [0.5, 0.6) is 0 Å². The van der Waals surface area contributed by atoms with E-state index in [-0.39, 0.29) is 16.6 Å². The average Bonchev–Trinajstić information content (AvgIpc) is 2.37. The van der Waals surface area contributed by atoms with Crippen LogP contribution in [0.3, 0.4) is 0 Å². The fourth-order valence-corrected chi connectivity index (χ4v) is 2.70. The molecule has 0 aliphatic carbocycles. The Morgan fingerprint density at radius 1 is 1.10 bits per heavy atom. The fourth-order valence-electron chi connectivity index (χ4n) is 1.88. The summed E-state index contributed by atoms with van der Waals surface area (Å²) < 4.78 is 13.0. The molecule has 2 nitrogen and oxygen atoms in total. The van der Waals surface area contributed by atoms with Gasteiger partial charge in [-0.2, -0.15) is 0 Å². The highest BCUT2D eigenvalue weighted by Crippen LogP contribution is 2.26. The third-order valence-electron chi connectivity index (χ3n) is 2.95. The molecule has 0 fully saturated rings. The summed E-state index contributed by atoms with van der Waals surface area (Å²) in [4.78, 5) is 12.2. The number of halogens is 4. The summed E-state index contributed by atoms with van der Waals surface area (Å²) in [6.07, 6.45) is 0. The summed E-state index contributed by atoms with van der Waals surface area (Å²) in [5, 5.41) is 3.79. The van der Waals surface area contributed by atoms with E-state index in [1.54, 1.807) is 25.1 Å². The second-order valence-corrected chi connectivity index (χ2v) is 5.74. The summed E-state index contributed by atoms with van der Waals surface area (Å²) in [6, 6.07) is 8.30. The van der Waals surface area contributed by atoms with E-state index in [1.165, 1.54) is 12.1 Å². The van der Waals surface area contributed by atoms with E-state index in [1.807, 2.05) is 0 Å². The van der Waals surface area contributed by atoms with Gasteiger partial charge < -0.3 is 5.32 Å². The molecule has 1 amide bonds. The maximum absolute atomic E-state index is 13.0. The van der Waals surface area contributed by atoms with Crippen molar-refractivity contribution in [3.8, 4) is 0 Å². The van der Waals surface area contributed by atoms with Gasteiger partial charge in [-0.15, -0.1) is 0 Å². The first-order valence-corrected chi connectivity index (χ1v) is 7.22. The molecule has 2 rings (SSSR count). The smallest absolute Gasteiger partial charge is 0.253 e. The Labute approximate surface area is 136 Å². The van der Waals surface area contributed by atoms with Crippen LogP contribution in [0.2, 0.25) is 15.1 Å². The first-order valence-electron chi connectivity index (χ1n) is 6.09. The van der Waals surface area contributed by atoms with Gasteiger partial charge in [0.15, 0.2) is 0 Å². The zero-order valence-electron chi connectivity index (χ0n) is 11.0. The van der Waals surface area contributed by atoms with Crippen LogP contribution in [-0.4, -0.2) is 5.91 Å². The summed E-state index contributed by atoms with van der Waals surface area (Å²) in [7, 11) is 0. The van der Waals surface area contributed by atoms with Crippen molar-refractivity contribution in [2.24, 2.45) is 0 Å². The molecule has 2 aromatic carbocycles. The molecular formula is C15H11Cl3FNO. The lowest BCUT2D eigenvalue weighted by Crippen LogP contribution is -2.27. The summed E-state index contributed by atoms with van der Waals surface area (Å²) in [5.41, 5.74) is 0.933. The van der Waals surface area contributed by atoms with Crippen LogP contribution in [0.1, 0.15) is 28.9 Å². The highest BCUT2D eigenvalue weighted by molar-refractivity contribution is 6.35. The number of nitrogens with one attached hydrogen (secondary N) is 1. The molecule has 21 heavy (non-hydrogen) atoms. The summed E-state index contributed by atoms with van der Waals surface area (Å²) in [6.45, 7) is 1.78. The van der Waals surface area contributed by atoms with E-state index in [0.717, 1.165) is 11.6 Å². The topological polar surface area (TPSA) is 29.1 Å². The van der Waals surface area contributed by atoms with Crippen molar-refractivity contribution in [1.82, 2.24) is 5.32 Å². The number of carbonyl (C=O) groups is 1. The number of benzene rings is 2. The van der Waals surface area contributed by atoms with Gasteiger partial charge in [0.25, 0.3) is 5.91 Å². The molecular weight excluding hydrogens is 336 g/mol. The van der Waals surface area contributed by atoms with Crippen LogP contribution in [0.25, 0.3) is 0 Å². The number of rotatable bonds is 3. The molecule has 0 spiro atoms. The minimum Gasteiger partial charge on any atom is -0.345 e. The summed E-state index contributed by atoms with van der Waals surface area (Å²) >= 11 is 17.8. The van der Waals surface area contributed by atoms with E-state index in [2.05, 4.69) is 5.32 Å². The van der Waals surface area contributed by atoms with Gasteiger partial charge in [0, 0.05) is 10.0 Å². The van der Waals surface area contributed by atoms with Gasteiger partial charge in [0.2, 0.25) is 0 Å². The number of carbonyl (C=O) groups excluding carboxylic acids is 1. The van der Waals surface area contributed by atoms with Gasteiger partial charge in [-0.25, -0.2) is 4.39 Å². The normalized spacial score (nSPS) is 12.0. The molecule has 2 aromatic rings. The maximum Gasteiger partial charge on any atom is 0.253 e. The molecule has 110 valence electrons. The van der Waals surface area contributed by atoms with Crippen LogP contribution >= 0.6 is 34.8 Å². The Kier molecular flexibility index (Phi) is 5.09. The zero-order chi connectivity index (χ0) is 15.6. The molecule has 1 unspecified atom stereocenters. The van der Waals surface area contributed by atoms with Crippen LogP contribution in [0, 0.1) is 5.82 Å². The molecule has 0 bridgehead atoms. The second-order valence-electron chi connectivity index (χ2n) is 4.49. The van der Waals surface area contributed by atoms with Crippen molar-refractivity contribution in [2.75, 3.05) is 0 Å². The van der Waals surface area contributed by atoms with Gasteiger partial charge in [-0.05, 0) is 42.8 Å². The van der Waals surface area contributed by atoms with Gasteiger partial charge in [-0.1, -0.05) is 40.9 Å². The lowest BCUT2D eigenvalue weighted by Gasteiger charge is -2.16. The Morgan fingerprint density at radius 2 is 1.81 bits per heavy atom. The number of hydrogen-bond donors (Lipinski definition) is 1. The maximum atomic E-state index is 13.0. The Balaban J connectivity index is 2.18. The van der Waals surface area contributed by atoms with Crippen LogP contribution in [-0.2, 0) is 0 Å². The van der Waals surface area contributed by atoms with Crippen LogP contribution in [0.4, 0.5) is 4.39 Å². The van der Waals surface area contributed by atoms with Crippen LogP contribution in [0.15, 0.2) is 36.4 Å². The standard InChI is InChI=1S/C15H11Cl3FNO/c1-8(11-4-2-9(16)6-13(11)17)20-15(21)12-5-3-10(19)7-14(12)18/h2-8H,1H3,(H,20,21). The first kappa shape index (κ1) is 16.1. The van der Waals surface area contributed by atoms with Crippen molar-refractivity contribution in [2.45, 2.75) is 13.0 Å². The predicted octanol–water partition coefficient (Wildman–Crippen LogP) is 5.28. The molecule has 6 heteroatoms. The highest BCUT2D eigenvalue weighted by Gasteiger charge is 2.16. The Morgan fingerprint density at radius 3 is 2.43 bits per heavy atom. The van der Waals surface area contributed by atoms with Gasteiger partial charge in [0.05, 0.1) is 16.6 Å². The van der Waals surface area contributed by atoms with Crippen molar-refractivity contribution in [3.63, 3.8) is 0 Å². The van der Waals surface area contributed by atoms with E-state index in [0.29, 0.717) is 10.0 Å². The van der Waals surface area contributed by atoms with E-state index in [4.69, 9.17) is 34.8 Å². The van der Waals surface area contributed by atoms with E-state index >= 15 is 0 Å². The molecule has 0 radical (unpaired) electrons. The van der Waals surface area contributed by atoms with E-state index < -0.39 is 11.7 Å². The van der Waals surface area contributed by atoms with Crippen molar-refractivity contribution >= 4 is 40.7 Å². The largest absolute Gasteiger partial charge is 0.345 e. The SMILES string of the molecule is CC(NC(=O)c1ccc(F)cc1Cl)c1ccc(Cl)cc1Cl. The number of amides is 1. The minimum absolute atomic E-state index is 0.0573. The molecule has 1 atom stereocenters. The van der Waals surface area contributed by atoms with Crippen molar-refractivity contribution < 1.29 is 9.18 Å². The summed E-state index contributed by atoms with van der Waals surface area (Å²) in [5.74, 6) is -0.899. The highest BCUT2D eigenvalue weighted by atomic mass is 35.5. The quantitative estimate of drug-likeness (QED) is 0.805. The third kappa shape index (κ3) is 3.88. The van der Waals surface area contributed by atoms with Gasteiger partial charge in [0.1, 0.15) is 5.82 Å². The molecule has 0 aliphatic heterocycles.